The minimum absolute atomic E-state index is 0.0489. The zero-order valence-corrected chi connectivity index (χ0v) is 17.0. The van der Waals surface area contributed by atoms with E-state index in [0.717, 1.165) is 5.56 Å². The number of nitrogens with one attached hydrogen (secondary N) is 1. The van der Waals surface area contributed by atoms with Crippen LogP contribution in [0.1, 0.15) is 10.9 Å². The summed E-state index contributed by atoms with van der Waals surface area (Å²) in [4.78, 5) is 12.9. The molecule has 28 heavy (non-hydrogen) atoms. The highest BCUT2D eigenvalue weighted by molar-refractivity contribution is 7.99. The van der Waals surface area contributed by atoms with Gasteiger partial charge in [-0.1, -0.05) is 11.6 Å². The standard InChI is InChI=1S/C17H17Cl2N5O3S/c1-27-11-3-2-9(18)4-8(11)5-20-14-12-15(23-17(19)22-14)24(7-21-12)16-13(26)10(25)6-28-16/h2-4,7,10,13,16,25-26H,5-6H2,1H3,(H,20,22,23)/t10?,13?,16-/m1/s1. The lowest BCUT2D eigenvalue weighted by Crippen LogP contribution is -2.27. The fourth-order valence-electron chi connectivity index (χ4n) is 3.09. The first kappa shape index (κ1) is 19.5. The van der Waals surface area contributed by atoms with Gasteiger partial charge in [-0.2, -0.15) is 9.97 Å². The van der Waals surface area contributed by atoms with Gasteiger partial charge in [-0.05, 0) is 29.8 Å². The molecule has 1 aliphatic heterocycles. The second-order valence-corrected chi connectivity index (χ2v) is 8.18. The van der Waals surface area contributed by atoms with Gasteiger partial charge >= 0.3 is 0 Å². The second-order valence-electron chi connectivity index (χ2n) is 6.26. The van der Waals surface area contributed by atoms with Crippen LogP contribution in [-0.4, -0.2) is 54.8 Å². The summed E-state index contributed by atoms with van der Waals surface area (Å²) in [6, 6.07) is 5.35. The molecular formula is C17H17Cl2N5O3S. The van der Waals surface area contributed by atoms with Crippen molar-refractivity contribution in [2.24, 2.45) is 0 Å². The number of aliphatic hydroxyl groups excluding tert-OH is 2. The summed E-state index contributed by atoms with van der Waals surface area (Å²) in [5, 5.41) is 23.5. The zero-order valence-electron chi connectivity index (χ0n) is 14.7. The van der Waals surface area contributed by atoms with Crippen molar-refractivity contribution < 1.29 is 14.9 Å². The smallest absolute Gasteiger partial charge is 0.226 e. The van der Waals surface area contributed by atoms with Crippen LogP contribution in [0, 0.1) is 0 Å². The predicted octanol–water partition coefficient (Wildman–Crippen LogP) is 2.72. The van der Waals surface area contributed by atoms with Gasteiger partial charge in [-0.15, -0.1) is 11.8 Å². The van der Waals surface area contributed by atoms with Gasteiger partial charge in [0.15, 0.2) is 17.0 Å². The zero-order chi connectivity index (χ0) is 19.8. The average molecular weight is 442 g/mol. The third kappa shape index (κ3) is 3.60. The van der Waals surface area contributed by atoms with E-state index in [1.807, 2.05) is 0 Å². The van der Waals surface area contributed by atoms with Crippen LogP contribution in [0.5, 0.6) is 5.75 Å². The average Bonchev–Trinajstić information content (AvgIpc) is 3.23. The molecule has 0 radical (unpaired) electrons. The normalized spacial score (nSPS) is 22.0. The topological polar surface area (TPSA) is 105 Å². The van der Waals surface area contributed by atoms with Gasteiger partial charge in [0.2, 0.25) is 5.28 Å². The van der Waals surface area contributed by atoms with Gasteiger partial charge < -0.3 is 20.3 Å². The highest BCUT2D eigenvalue weighted by Gasteiger charge is 2.36. The Morgan fingerprint density at radius 2 is 2.14 bits per heavy atom. The van der Waals surface area contributed by atoms with Crippen LogP contribution in [0.3, 0.4) is 0 Å². The Hall–Kier alpha value is -1.78. The number of halogens is 2. The maximum Gasteiger partial charge on any atom is 0.226 e. The molecule has 0 saturated carbocycles. The van der Waals surface area contributed by atoms with E-state index in [1.165, 1.54) is 11.8 Å². The number of rotatable bonds is 5. The summed E-state index contributed by atoms with van der Waals surface area (Å²) >= 11 is 13.6. The molecule has 2 unspecified atom stereocenters. The summed E-state index contributed by atoms with van der Waals surface area (Å²) < 4.78 is 7.07. The molecule has 8 nitrogen and oxygen atoms in total. The first-order valence-electron chi connectivity index (χ1n) is 8.42. The Kier molecular flexibility index (Phi) is 5.52. The van der Waals surface area contributed by atoms with Crippen molar-refractivity contribution in [1.82, 2.24) is 19.5 Å². The molecule has 1 fully saturated rings. The van der Waals surface area contributed by atoms with E-state index in [1.54, 1.807) is 36.2 Å². The van der Waals surface area contributed by atoms with Gasteiger partial charge in [0.05, 0.1) is 19.5 Å². The lowest BCUT2D eigenvalue weighted by molar-refractivity contribution is 0.0313. The number of aromatic nitrogens is 4. The highest BCUT2D eigenvalue weighted by Crippen LogP contribution is 2.38. The molecule has 2 aromatic heterocycles. The fraction of sp³-hybridized carbons (Fsp3) is 0.353. The molecular weight excluding hydrogens is 425 g/mol. The van der Waals surface area contributed by atoms with Crippen molar-refractivity contribution in [3.8, 4) is 5.75 Å². The van der Waals surface area contributed by atoms with E-state index < -0.39 is 17.6 Å². The first-order valence-corrected chi connectivity index (χ1v) is 10.2. The Balaban J connectivity index is 1.66. The number of hydrogen-bond donors (Lipinski definition) is 3. The van der Waals surface area contributed by atoms with Gasteiger partial charge in [-0.25, -0.2) is 4.98 Å². The number of hydrogen-bond acceptors (Lipinski definition) is 8. The number of fused-ring (bicyclic) bond motifs is 1. The maximum atomic E-state index is 10.2. The monoisotopic (exact) mass is 441 g/mol. The van der Waals surface area contributed by atoms with E-state index in [9.17, 15) is 10.2 Å². The number of nitrogens with zero attached hydrogens (tertiary/aromatic N) is 4. The number of aliphatic hydroxyl groups is 2. The van der Waals surface area contributed by atoms with Crippen molar-refractivity contribution in [2.75, 3.05) is 18.2 Å². The predicted molar refractivity (Wildman–Crippen MR) is 109 cm³/mol. The number of methoxy groups -OCH3 is 1. The third-order valence-electron chi connectivity index (χ3n) is 4.48. The molecule has 3 N–H and O–H groups in total. The molecule has 0 spiro atoms. The van der Waals surface area contributed by atoms with Crippen LogP contribution in [-0.2, 0) is 6.54 Å². The first-order chi connectivity index (χ1) is 13.5. The third-order valence-corrected chi connectivity index (χ3v) is 6.27. The lowest BCUT2D eigenvalue weighted by atomic mass is 10.2. The highest BCUT2D eigenvalue weighted by atomic mass is 35.5. The summed E-state index contributed by atoms with van der Waals surface area (Å²) in [5.74, 6) is 1.58. The molecule has 0 aliphatic carbocycles. The fourth-order valence-corrected chi connectivity index (χ4v) is 4.74. The lowest BCUT2D eigenvalue weighted by Gasteiger charge is -2.17. The van der Waals surface area contributed by atoms with E-state index in [2.05, 4.69) is 20.3 Å². The second kappa shape index (κ2) is 7.92. The Morgan fingerprint density at radius 3 is 2.86 bits per heavy atom. The van der Waals surface area contributed by atoms with Gasteiger partial charge in [0.1, 0.15) is 17.2 Å². The van der Waals surface area contributed by atoms with Crippen LogP contribution in [0.15, 0.2) is 24.5 Å². The van der Waals surface area contributed by atoms with Crippen molar-refractivity contribution in [1.29, 1.82) is 0 Å². The molecule has 148 valence electrons. The molecule has 0 bridgehead atoms. The largest absolute Gasteiger partial charge is 0.496 e. The molecule has 1 aliphatic rings. The number of ether oxygens (including phenoxy) is 1. The molecule has 3 atom stereocenters. The Bertz CT molecular complexity index is 1020. The Labute approximate surface area is 174 Å². The van der Waals surface area contributed by atoms with Gasteiger partial charge in [0.25, 0.3) is 0 Å². The van der Waals surface area contributed by atoms with Gasteiger partial charge in [0, 0.05) is 22.9 Å². The molecule has 3 aromatic rings. The van der Waals surface area contributed by atoms with Crippen LogP contribution in [0.25, 0.3) is 11.2 Å². The van der Waals surface area contributed by atoms with Crippen molar-refractivity contribution >= 4 is 51.9 Å². The summed E-state index contributed by atoms with van der Waals surface area (Å²) in [7, 11) is 1.59. The van der Waals surface area contributed by atoms with Crippen LogP contribution < -0.4 is 10.1 Å². The van der Waals surface area contributed by atoms with Crippen LogP contribution >= 0.6 is 35.0 Å². The van der Waals surface area contributed by atoms with Gasteiger partial charge in [-0.3, -0.25) is 4.57 Å². The van der Waals surface area contributed by atoms with E-state index >= 15 is 0 Å². The number of thioether (sulfide) groups is 1. The molecule has 1 aromatic carbocycles. The van der Waals surface area contributed by atoms with E-state index in [0.29, 0.717) is 40.1 Å². The number of anilines is 1. The minimum atomic E-state index is -0.914. The SMILES string of the molecule is COc1ccc(Cl)cc1CNc1nc(Cl)nc2c1ncn2[C@@H]1SCC(O)C1O. The quantitative estimate of drug-likeness (QED) is 0.518. The minimum Gasteiger partial charge on any atom is -0.496 e. The van der Waals surface area contributed by atoms with Crippen LogP contribution in [0.2, 0.25) is 10.3 Å². The number of imidazole rings is 1. The van der Waals surface area contributed by atoms with E-state index in [-0.39, 0.29) is 5.28 Å². The molecule has 1 saturated heterocycles. The summed E-state index contributed by atoms with van der Waals surface area (Å²) in [6.07, 6.45) is -0.138. The molecule has 4 rings (SSSR count). The van der Waals surface area contributed by atoms with Crippen molar-refractivity contribution in [3.05, 3.63) is 40.4 Å². The maximum absolute atomic E-state index is 10.2. The summed E-state index contributed by atoms with van der Waals surface area (Å²) in [6.45, 7) is 0.387. The van der Waals surface area contributed by atoms with Crippen LogP contribution in [0.4, 0.5) is 5.82 Å². The molecule has 11 heteroatoms. The van der Waals surface area contributed by atoms with Crippen molar-refractivity contribution in [2.45, 2.75) is 24.1 Å². The number of benzene rings is 1. The Morgan fingerprint density at radius 1 is 1.32 bits per heavy atom. The molecule has 3 heterocycles. The van der Waals surface area contributed by atoms with E-state index in [4.69, 9.17) is 27.9 Å². The van der Waals surface area contributed by atoms with Crippen molar-refractivity contribution in [3.63, 3.8) is 0 Å². The molecule has 0 amide bonds. The summed E-state index contributed by atoms with van der Waals surface area (Å²) in [5.41, 5.74) is 1.84.